The summed E-state index contributed by atoms with van der Waals surface area (Å²) >= 11 is 0. The van der Waals surface area contributed by atoms with E-state index in [-0.39, 0.29) is 47.8 Å². The minimum atomic E-state index is -5.09. The highest BCUT2D eigenvalue weighted by Gasteiger charge is 2.60. The normalized spacial score (nSPS) is 29.6. The number of halogens is 7. The van der Waals surface area contributed by atoms with Gasteiger partial charge in [0.2, 0.25) is 5.88 Å². The fourth-order valence-electron chi connectivity index (χ4n) is 8.19. The molecule has 3 aromatic rings. The molecule has 7 heterocycles. The number of pyridine rings is 1. The Morgan fingerprint density at radius 2 is 1.93 bits per heavy atom. The van der Waals surface area contributed by atoms with E-state index < -0.39 is 81.9 Å². The van der Waals surface area contributed by atoms with E-state index in [2.05, 4.69) is 20.3 Å². The smallest absolute Gasteiger partial charge is 0.417 e. The number of hydrogen-bond donors (Lipinski definition) is 2. The van der Waals surface area contributed by atoms with Gasteiger partial charge in [0.15, 0.2) is 11.6 Å². The lowest BCUT2D eigenvalue weighted by Crippen LogP contribution is -2.62. The van der Waals surface area contributed by atoms with Gasteiger partial charge in [-0.25, -0.2) is 22.5 Å². The van der Waals surface area contributed by atoms with E-state index >= 15 is 8.78 Å². The van der Waals surface area contributed by atoms with Gasteiger partial charge < -0.3 is 25.4 Å². The van der Waals surface area contributed by atoms with Crippen LogP contribution in [0.2, 0.25) is 0 Å². The zero-order valence-electron chi connectivity index (χ0n) is 24.8. The number of hydrogen-bond acceptors (Lipinski definition) is 9. The molecule has 0 amide bonds. The monoisotopic (exact) mass is 653 g/mol. The van der Waals surface area contributed by atoms with Crippen LogP contribution >= 0.6 is 0 Å². The van der Waals surface area contributed by atoms with Gasteiger partial charge in [-0.3, -0.25) is 4.90 Å². The number of anilines is 2. The number of aromatic nitrogens is 3. The van der Waals surface area contributed by atoms with Crippen LogP contribution in [0.4, 0.5) is 42.2 Å². The van der Waals surface area contributed by atoms with E-state index in [1.807, 2.05) is 4.90 Å². The molecule has 4 saturated heterocycles. The molecule has 246 valence electrons. The molecule has 2 bridgehead atoms. The number of nitrogen functional groups attached to an aromatic ring is 1. The van der Waals surface area contributed by atoms with Crippen LogP contribution in [0.15, 0.2) is 6.07 Å². The second-order valence-corrected chi connectivity index (χ2v) is 13.2. The van der Waals surface area contributed by atoms with Crippen molar-refractivity contribution in [2.75, 3.05) is 36.9 Å². The minimum Gasteiger partial charge on any atom is -0.472 e. The summed E-state index contributed by atoms with van der Waals surface area (Å²) < 4.78 is 116. The third-order valence-corrected chi connectivity index (χ3v) is 10.2. The lowest BCUT2D eigenvalue weighted by atomic mass is 9.85. The third-order valence-electron chi connectivity index (χ3n) is 10.2. The first-order valence-electron chi connectivity index (χ1n) is 15.2. The van der Waals surface area contributed by atoms with E-state index in [0.29, 0.717) is 19.5 Å². The van der Waals surface area contributed by atoms with E-state index in [1.54, 1.807) is 11.8 Å². The van der Waals surface area contributed by atoms with Gasteiger partial charge in [0, 0.05) is 31.6 Å². The summed E-state index contributed by atoms with van der Waals surface area (Å²) in [6, 6.07) is 0.187. The highest BCUT2D eigenvalue weighted by molar-refractivity contribution is 5.97. The van der Waals surface area contributed by atoms with E-state index in [4.69, 9.17) is 15.2 Å². The molecule has 2 aromatic heterocycles. The van der Waals surface area contributed by atoms with E-state index in [1.165, 1.54) is 0 Å². The number of aryl methyl sites for hydroxylation is 1. The highest BCUT2D eigenvalue weighted by Crippen LogP contribution is 2.49. The number of benzene rings is 1. The average Bonchev–Trinajstić information content (AvgIpc) is 3.38. The second-order valence-electron chi connectivity index (χ2n) is 13.2. The van der Waals surface area contributed by atoms with Crippen molar-refractivity contribution in [3.63, 3.8) is 0 Å². The second kappa shape index (κ2) is 9.69. The topological polar surface area (TPSA) is 102 Å². The summed E-state index contributed by atoms with van der Waals surface area (Å²) in [6.07, 6.45) is -3.97. The number of nitrogens with one attached hydrogen (secondary N) is 1. The Bertz CT molecular complexity index is 1790. The third kappa shape index (κ3) is 4.31. The van der Waals surface area contributed by atoms with E-state index in [9.17, 15) is 22.0 Å². The number of nitrogens with two attached hydrogens (primary N) is 1. The molecule has 9 nitrogen and oxygen atoms in total. The molecule has 8 rings (SSSR count). The van der Waals surface area contributed by atoms with Crippen LogP contribution in [0.25, 0.3) is 22.2 Å². The molecule has 1 unspecified atom stereocenters. The molecule has 0 spiro atoms. The standard InChI is InChI=1S/C30H30F7N7O2/c1-12-7-15(38)20(31)17(19(12)30(35,36)37)22-21(32)23-18-25(42-27(41-23)45-11-28-5-6-43(28)10-29(33,34)9-28)44-8-14-3-4-16(39-14)24(44)13(2)46-26(18)40-22/h7,13-14,16,24,39H,3-6,8-11,38H2,1-2H3/t13-,14+,16-,24+,28?/m0/s1. The van der Waals surface area contributed by atoms with Gasteiger partial charge in [-0.15, -0.1) is 0 Å². The molecular formula is C30H30F7N7O2. The lowest BCUT2D eigenvalue weighted by molar-refractivity contribution is -0.137. The Balaban J connectivity index is 1.34. The molecule has 5 aliphatic heterocycles. The Kier molecular flexibility index (Phi) is 6.26. The van der Waals surface area contributed by atoms with Crippen molar-refractivity contribution < 1.29 is 40.2 Å². The number of nitrogens with zero attached hydrogens (tertiary/aromatic N) is 5. The van der Waals surface area contributed by atoms with Crippen LogP contribution in [0.3, 0.4) is 0 Å². The summed E-state index contributed by atoms with van der Waals surface area (Å²) in [5.74, 6) is -5.82. The van der Waals surface area contributed by atoms with Crippen molar-refractivity contribution in [2.45, 2.75) is 81.4 Å². The fourth-order valence-corrected chi connectivity index (χ4v) is 8.19. The summed E-state index contributed by atoms with van der Waals surface area (Å²) in [5.41, 5.74) is -0.334. The van der Waals surface area contributed by atoms with Gasteiger partial charge >= 0.3 is 12.2 Å². The molecule has 46 heavy (non-hydrogen) atoms. The quantitative estimate of drug-likeness (QED) is 0.303. The van der Waals surface area contributed by atoms with Gasteiger partial charge in [-0.1, -0.05) is 0 Å². The van der Waals surface area contributed by atoms with Crippen LogP contribution in [0.5, 0.6) is 11.9 Å². The summed E-state index contributed by atoms with van der Waals surface area (Å²) in [5, 5.41) is 3.54. The maximum Gasteiger partial charge on any atom is 0.417 e. The Morgan fingerprint density at radius 1 is 1.15 bits per heavy atom. The number of rotatable bonds is 4. The zero-order valence-corrected chi connectivity index (χ0v) is 24.8. The van der Waals surface area contributed by atoms with Gasteiger partial charge in [-0.05, 0) is 44.7 Å². The van der Waals surface area contributed by atoms with Crippen LogP contribution in [-0.2, 0) is 6.18 Å². The fraction of sp³-hybridized carbons (Fsp3) is 0.567. The maximum atomic E-state index is 16.7. The summed E-state index contributed by atoms with van der Waals surface area (Å²) in [6.45, 7) is 3.18. The van der Waals surface area contributed by atoms with Crippen molar-refractivity contribution in [3.8, 4) is 23.1 Å². The average molecular weight is 654 g/mol. The largest absolute Gasteiger partial charge is 0.472 e. The predicted molar refractivity (Wildman–Crippen MR) is 152 cm³/mol. The molecule has 16 heteroatoms. The number of ether oxygens (including phenoxy) is 2. The predicted octanol–water partition coefficient (Wildman–Crippen LogP) is 4.83. The molecule has 1 aromatic carbocycles. The summed E-state index contributed by atoms with van der Waals surface area (Å²) in [7, 11) is 0. The van der Waals surface area contributed by atoms with E-state index in [0.717, 1.165) is 25.8 Å². The lowest BCUT2D eigenvalue weighted by Gasteiger charge is -2.46. The molecule has 5 atom stereocenters. The molecule has 0 aliphatic carbocycles. The van der Waals surface area contributed by atoms with Gasteiger partial charge in [0.05, 0.1) is 34.9 Å². The number of piperazine rings is 1. The Hall–Kier alpha value is -3.66. The first-order chi connectivity index (χ1) is 21.7. The van der Waals surface area contributed by atoms with Crippen molar-refractivity contribution in [3.05, 3.63) is 28.8 Å². The zero-order chi connectivity index (χ0) is 32.5. The van der Waals surface area contributed by atoms with Crippen molar-refractivity contribution >= 4 is 22.4 Å². The summed E-state index contributed by atoms with van der Waals surface area (Å²) in [4.78, 5) is 16.6. The molecule has 0 radical (unpaired) electrons. The highest BCUT2D eigenvalue weighted by atomic mass is 19.4. The van der Waals surface area contributed by atoms with Gasteiger partial charge in [-0.2, -0.15) is 23.1 Å². The first-order valence-corrected chi connectivity index (χ1v) is 15.2. The van der Waals surface area contributed by atoms with Crippen LogP contribution in [0.1, 0.15) is 43.7 Å². The molecule has 4 fully saturated rings. The Labute approximate surface area is 258 Å². The van der Waals surface area contributed by atoms with Crippen LogP contribution in [0, 0.1) is 18.6 Å². The molecule has 3 N–H and O–H groups in total. The maximum absolute atomic E-state index is 16.7. The number of alkyl halides is 5. The van der Waals surface area contributed by atoms with Crippen molar-refractivity contribution in [1.29, 1.82) is 0 Å². The van der Waals surface area contributed by atoms with Crippen molar-refractivity contribution in [1.82, 2.24) is 25.2 Å². The number of fused-ring (bicyclic) bond motifs is 6. The molecule has 5 aliphatic rings. The molecule has 0 saturated carbocycles. The van der Waals surface area contributed by atoms with Crippen molar-refractivity contribution in [2.24, 2.45) is 0 Å². The molecular weight excluding hydrogens is 623 g/mol. The Morgan fingerprint density at radius 3 is 2.63 bits per heavy atom. The van der Waals surface area contributed by atoms with Crippen LogP contribution < -0.4 is 25.4 Å². The first kappa shape index (κ1) is 29.7. The van der Waals surface area contributed by atoms with Gasteiger partial charge in [0.25, 0.3) is 5.92 Å². The van der Waals surface area contributed by atoms with Crippen LogP contribution in [-0.4, -0.2) is 81.8 Å². The minimum absolute atomic E-state index is 0.00493. The van der Waals surface area contributed by atoms with Gasteiger partial charge in [0.1, 0.15) is 35.1 Å². The SMILES string of the molecule is Cc1cc(N)c(F)c(-c2nc3c4c(nc(OCC56CCN5CC(F)(F)C6)nc4c2F)N2C[C@H]4CC[C@H](N4)[C@H]2[C@H](C)O3)c1C(F)(F)F.